The standard InChI is InChI=1S/C17H15ClN2O5S/c1-23-13-7-8-14(24-2)15(9-13)26(21,22)10-16-19-17(20-25-16)11-3-5-12(18)6-4-11/h3-9H,10H2,1-2H3. The third-order valence-electron chi connectivity index (χ3n) is 3.59. The second kappa shape index (κ2) is 7.35. The van der Waals surface area contributed by atoms with E-state index in [1.54, 1.807) is 30.3 Å². The summed E-state index contributed by atoms with van der Waals surface area (Å²) in [6.45, 7) is 0. The molecule has 0 unspecified atom stereocenters. The second-order valence-electron chi connectivity index (χ2n) is 5.29. The Bertz CT molecular complexity index is 1020. The zero-order valence-corrected chi connectivity index (χ0v) is 15.5. The van der Waals surface area contributed by atoms with E-state index in [2.05, 4.69) is 10.1 Å². The molecule has 0 aliphatic rings. The molecule has 0 atom stereocenters. The first-order valence-corrected chi connectivity index (χ1v) is 9.49. The molecular formula is C17H15ClN2O5S. The lowest BCUT2D eigenvalue weighted by Crippen LogP contribution is -2.07. The summed E-state index contributed by atoms with van der Waals surface area (Å²) < 4.78 is 40.8. The summed E-state index contributed by atoms with van der Waals surface area (Å²) in [5.41, 5.74) is 0.667. The largest absolute Gasteiger partial charge is 0.497 e. The van der Waals surface area contributed by atoms with E-state index in [1.165, 1.54) is 26.4 Å². The van der Waals surface area contributed by atoms with E-state index in [0.717, 1.165) is 0 Å². The van der Waals surface area contributed by atoms with Crippen LogP contribution < -0.4 is 9.47 Å². The molecule has 26 heavy (non-hydrogen) atoms. The predicted molar refractivity (Wildman–Crippen MR) is 95.2 cm³/mol. The molecule has 3 aromatic rings. The van der Waals surface area contributed by atoms with Gasteiger partial charge in [0.2, 0.25) is 11.7 Å². The fourth-order valence-corrected chi connectivity index (χ4v) is 3.77. The third kappa shape index (κ3) is 3.81. The lowest BCUT2D eigenvalue weighted by molar-refractivity contribution is 0.386. The number of sulfone groups is 1. The Hall–Kier alpha value is -2.58. The Morgan fingerprint density at radius 2 is 1.81 bits per heavy atom. The van der Waals surface area contributed by atoms with Gasteiger partial charge in [-0.3, -0.25) is 0 Å². The second-order valence-corrected chi connectivity index (χ2v) is 7.69. The van der Waals surface area contributed by atoms with Crippen molar-refractivity contribution < 1.29 is 22.4 Å². The maximum absolute atomic E-state index is 12.8. The van der Waals surface area contributed by atoms with E-state index in [1.807, 2.05) is 0 Å². The molecule has 0 aliphatic carbocycles. The summed E-state index contributed by atoms with van der Waals surface area (Å²) >= 11 is 5.85. The van der Waals surface area contributed by atoms with Gasteiger partial charge in [-0.15, -0.1) is 0 Å². The summed E-state index contributed by atoms with van der Waals surface area (Å²) in [6.07, 6.45) is 0. The SMILES string of the molecule is COc1ccc(OC)c(S(=O)(=O)Cc2nc(-c3ccc(Cl)cc3)no2)c1. The van der Waals surface area contributed by atoms with Crippen LogP contribution in [0.5, 0.6) is 11.5 Å². The van der Waals surface area contributed by atoms with Gasteiger partial charge in [-0.2, -0.15) is 4.98 Å². The predicted octanol–water partition coefficient (Wildman–Crippen LogP) is 3.38. The van der Waals surface area contributed by atoms with Gasteiger partial charge in [0.1, 0.15) is 22.1 Å². The smallest absolute Gasteiger partial charge is 0.242 e. The monoisotopic (exact) mass is 394 g/mol. The van der Waals surface area contributed by atoms with Crippen LogP contribution in [0.15, 0.2) is 51.9 Å². The quantitative estimate of drug-likeness (QED) is 0.632. The van der Waals surface area contributed by atoms with E-state index in [9.17, 15) is 8.42 Å². The van der Waals surface area contributed by atoms with E-state index in [-0.39, 0.29) is 22.4 Å². The van der Waals surface area contributed by atoms with Gasteiger partial charge in [-0.1, -0.05) is 16.8 Å². The summed E-state index contributed by atoms with van der Waals surface area (Å²) in [5, 5.41) is 4.39. The fraction of sp³-hybridized carbons (Fsp3) is 0.176. The summed E-state index contributed by atoms with van der Waals surface area (Å²) in [7, 11) is -0.939. The molecule has 0 bridgehead atoms. The number of ether oxygens (including phenoxy) is 2. The molecule has 9 heteroatoms. The highest BCUT2D eigenvalue weighted by Crippen LogP contribution is 2.30. The molecule has 2 aromatic carbocycles. The minimum absolute atomic E-state index is 0.00871. The molecule has 0 N–H and O–H groups in total. The number of rotatable bonds is 6. The molecule has 0 saturated heterocycles. The van der Waals surface area contributed by atoms with Crippen LogP contribution in [-0.2, 0) is 15.6 Å². The van der Waals surface area contributed by atoms with E-state index >= 15 is 0 Å². The normalized spacial score (nSPS) is 11.3. The first-order chi connectivity index (χ1) is 12.4. The molecule has 1 heterocycles. The van der Waals surface area contributed by atoms with Gasteiger partial charge >= 0.3 is 0 Å². The third-order valence-corrected chi connectivity index (χ3v) is 5.46. The van der Waals surface area contributed by atoms with Crippen molar-refractivity contribution >= 4 is 21.4 Å². The molecule has 136 valence electrons. The Labute approximate surface area is 155 Å². The van der Waals surface area contributed by atoms with Crippen LogP contribution in [0, 0.1) is 0 Å². The Morgan fingerprint density at radius 3 is 2.46 bits per heavy atom. The van der Waals surface area contributed by atoms with Crippen molar-refractivity contribution in [2.24, 2.45) is 0 Å². The van der Waals surface area contributed by atoms with Gasteiger partial charge in [-0.05, 0) is 36.4 Å². The minimum atomic E-state index is -3.79. The van der Waals surface area contributed by atoms with Crippen LogP contribution >= 0.6 is 11.6 Å². The van der Waals surface area contributed by atoms with Crippen LogP contribution in [0.1, 0.15) is 5.89 Å². The molecule has 0 amide bonds. The molecule has 3 rings (SSSR count). The van der Waals surface area contributed by atoms with Gasteiger partial charge in [0, 0.05) is 16.7 Å². The number of nitrogens with zero attached hydrogens (tertiary/aromatic N) is 2. The van der Waals surface area contributed by atoms with Crippen molar-refractivity contribution in [2.75, 3.05) is 14.2 Å². The minimum Gasteiger partial charge on any atom is -0.497 e. The van der Waals surface area contributed by atoms with Crippen LogP contribution in [0.25, 0.3) is 11.4 Å². The van der Waals surface area contributed by atoms with Crippen LogP contribution in [0.3, 0.4) is 0 Å². The van der Waals surface area contributed by atoms with Crippen LogP contribution in [-0.4, -0.2) is 32.8 Å². The zero-order chi connectivity index (χ0) is 18.7. The zero-order valence-electron chi connectivity index (χ0n) is 14.0. The highest BCUT2D eigenvalue weighted by atomic mass is 35.5. The molecule has 7 nitrogen and oxygen atoms in total. The number of methoxy groups -OCH3 is 2. The molecule has 0 radical (unpaired) electrons. The van der Waals surface area contributed by atoms with Gasteiger partial charge in [0.05, 0.1) is 14.2 Å². The molecule has 0 aliphatic heterocycles. The first kappa shape index (κ1) is 18.2. The molecule has 0 saturated carbocycles. The van der Waals surface area contributed by atoms with Crippen LogP contribution in [0.4, 0.5) is 0 Å². The Morgan fingerprint density at radius 1 is 1.08 bits per heavy atom. The van der Waals surface area contributed by atoms with Gasteiger partial charge in [0.15, 0.2) is 9.84 Å². The molecule has 0 spiro atoms. The summed E-state index contributed by atoms with van der Waals surface area (Å²) in [5.74, 6) is 0.404. The van der Waals surface area contributed by atoms with Crippen LogP contribution in [0.2, 0.25) is 5.02 Å². The average molecular weight is 395 g/mol. The number of hydrogen-bond acceptors (Lipinski definition) is 7. The van der Waals surface area contributed by atoms with Crippen molar-refractivity contribution in [3.63, 3.8) is 0 Å². The maximum atomic E-state index is 12.8. The average Bonchev–Trinajstić information content (AvgIpc) is 3.09. The topological polar surface area (TPSA) is 91.5 Å². The van der Waals surface area contributed by atoms with Crippen molar-refractivity contribution in [3.8, 4) is 22.9 Å². The van der Waals surface area contributed by atoms with E-state index in [4.69, 9.17) is 25.6 Å². The molecular weight excluding hydrogens is 380 g/mol. The Kier molecular flexibility index (Phi) is 5.15. The highest BCUT2D eigenvalue weighted by molar-refractivity contribution is 7.90. The summed E-state index contributed by atoms with van der Waals surface area (Å²) in [6, 6.07) is 11.3. The number of benzene rings is 2. The maximum Gasteiger partial charge on any atom is 0.242 e. The van der Waals surface area contributed by atoms with Gasteiger partial charge in [-0.25, -0.2) is 8.42 Å². The number of aromatic nitrogens is 2. The van der Waals surface area contributed by atoms with Crippen molar-refractivity contribution in [3.05, 3.63) is 53.4 Å². The molecule has 0 fully saturated rings. The lowest BCUT2D eigenvalue weighted by Gasteiger charge is -2.10. The molecule has 1 aromatic heterocycles. The first-order valence-electron chi connectivity index (χ1n) is 7.46. The lowest BCUT2D eigenvalue weighted by atomic mass is 10.2. The number of hydrogen-bond donors (Lipinski definition) is 0. The fourth-order valence-electron chi connectivity index (χ4n) is 2.30. The van der Waals surface area contributed by atoms with Crippen molar-refractivity contribution in [1.82, 2.24) is 10.1 Å². The number of halogens is 1. The van der Waals surface area contributed by atoms with Gasteiger partial charge < -0.3 is 14.0 Å². The Balaban J connectivity index is 1.90. The van der Waals surface area contributed by atoms with E-state index < -0.39 is 15.6 Å². The van der Waals surface area contributed by atoms with Crippen molar-refractivity contribution in [1.29, 1.82) is 0 Å². The summed E-state index contributed by atoms with van der Waals surface area (Å²) in [4.78, 5) is 4.14. The van der Waals surface area contributed by atoms with Crippen molar-refractivity contribution in [2.45, 2.75) is 10.6 Å². The van der Waals surface area contributed by atoms with Gasteiger partial charge in [0.25, 0.3) is 0 Å². The highest BCUT2D eigenvalue weighted by Gasteiger charge is 2.24. The van der Waals surface area contributed by atoms with E-state index in [0.29, 0.717) is 16.3 Å².